The molecule has 1 N–H and O–H groups in total. The molecule has 0 amide bonds. The molecule has 1 saturated heterocycles. The van der Waals surface area contributed by atoms with Crippen LogP contribution in [0.4, 0.5) is 0 Å². The molecule has 0 aromatic heterocycles. The lowest BCUT2D eigenvalue weighted by Gasteiger charge is -2.46. The Morgan fingerprint density at radius 2 is 1.81 bits per heavy atom. The highest BCUT2D eigenvalue weighted by molar-refractivity contribution is 5.02. The van der Waals surface area contributed by atoms with Crippen molar-refractivity contribution in [2.75, 3.05) is 20.6 Å². The number of hydrogen-bond acceptors (Lipinski definition) is 3. The first-order valence-electron chi connectivity index (χ1n) is 8.67. The van der Waals surface area contributed by atoms with Crippen molar-refractivity contribution in [2.24, 2.45) is 5.92 Å². The lowest BCUT2D eigenvalue weighted by Crippen LogP contribution is -2.57. The molecule has 0 radical (unpaired) electrons. The summed E-state index contributed by atoms with van der Waals surface area (Å²) in [5.41, 5.74) is 0.240. The molecule has 2 aliphatic rings. The van der Waals surface area contributed by atoms with E-state index in [0.29, 0.717) is 11.6 Å². The number of ether oxygens (including phenoxy) is 1. The molecule has 3 atom stereocenters. The summed E-state index contributed by atoms with van der Waals surface area (Å²) in [5.74, 6) is 0.840. The molecule has 2 rings (SSSR count). The van der Waals surface area contributed by atoms with Gasteiger partial charge in [-0.15, -0.1) is 0 Å². The highest BCUT2D eigenvalue weighted by atomic mass is 16.5. The molecule has 0 bridgehead atoms. The maximum atomic E-state index is 6.23. The predicted molar refractivity (Wildman–Crippen MR) is 89.7 cm³/mol. The summed E-state index contributed by atoms with van der Waals surface area (Å²) < 4.78 is 6.23. The second kappa shape index (κ2) is 5.82. The van der Waals surface area contributed by atoms with Gasteiger partial charge >= 0.3 is 0 Å². The Morgan fingerprint density at radius 3 is 2.29 bits per heavy atom. The Kier molecular flexibility index (Phi) is 4.78. The Morgan fingerprint density at radius 1 is 1.14 bits per heavy atom. The van der Waals surface area contributed by atoms with Crippen molar-refractivity contribution in [3.05, 3.63) is 0 Å². The van der Waals surface area contributed by atoms with Crippen molar-refractivity contribution in [3.8, 4) is 0 Å². The Balaban J connectivity index is 2.03. The van der Waals surface area contributed by atoms with Crippen LogP contribution in [0.5, 0.6) is 0 Å². The molecule has 3 nitrogen and oxygen atoms in total. The van der Waals surface area contributed by atoms with Crippen LogP contribution in [0.2, 0.25) is 0 Å². The molecule has 1 heterocycles. The van der Waals surface area contributed by atoms with Gasteiger partial charge in [0.25, 0.3) is 0 Å². The number of nitrogens with one attached hydrogen (secondary N) is 1. The van der Waals surface area contributed by atoms with E-state index in [4.69, 9.17) is 4.74 Å². The van der Waals surface area contributed by atoms with Gasteiger partial charge in [0.2, 0.25) is 0 Å². The van der Waals surface area contributed by atoms with Crippen LogP contribution in [0.3, 0.4) is 0 Å². The van der Waals surface area contributed by atoms with E-state index in [9.17, 15) is 0 Å². The zero-order chi connectivity index (χ0) is 15.9. The highest BCUT2D eigenvalue weighted by Crippen LogP contribution is 2.39. The van der Waals surface area contributed by atoms with Gasteiger partial charge in [-0.05, 0) is 67.0 Å². The second-order valence-corrected chi connectivity index (χ2v) is 8.92. The van der Waals surface area contributed by atoms with Gasteiger partial charge in [-0.1, -0.05) is 19.8 Å². The third kappa shape index (κ3) is 3.80. The molecule has 3 unspecified atom stereocenters. The van der Waals surface area contributed by atoms with E-state index in [1.54, 1.807) is 0 Å². The van der Waals surface area contributed by atoms with E-state index in [0.717, 1.165) is 18.9 Å². The summed E-state index contributed by atoms with van der Waals surface area (Å²) in [6, 6.07) is 0.446. The minimum atomic E-state index is -0.0721. The number of nitrogens with zero attached hydrogens (tertiary/aromatic N) is 1. The van der Waals surface area contributed by atoms with E-state index < -0.39 is 0 Å². The Hall–Kier alpha value is -0.120. The van der Waals surface area contributed by atoms with E-state index in [-0.39, 0.29) is 11.2 Å². The Bertz CT molecular complexity index is 364. The van der Waals surface area contributed by atoms with E-state index in [1.165, 1.54) is 25.7 Å². The molecule has 3 heteroatoms. The van der Waals surface area contributed by atoms with Crippen molar-refractivity contribution in [2.45, 2.75) is 89.5 Å². The molecule has 1 aliphatic heterocycles. The van der Waals surface area contributed by atoms with E-state index >= 15 is 0 Å². The third-order valence-electron chi connectivity index (χ3n) is 5.77. The number of likely N-dealkylation sites (N-methyl/N-ethyl adjacent to an activating group) is 1. The van der Waals surface area contributed by atoms with Crippen LogP contribution in [0.15, 0.2) is 0 Å². The van der Waals surface area contributed by atoms with Gasteiger partial charge in [0.15, 0.2) is 0 Å². The van der Waals surface area contributed by atoms with Gasteiger partial charge in [0.05, 0.1) is 11.2 Å². The third-order valence-corrected chi connectivity index (χ3v) is 5.77. The van der Waals surface area contributed by atoms with Crippen LogP contribution in [0.1, 0.15) is 66.7 Å². The van der Waals surface area contributed by atoms with Crippen molar-refractivity contribution in [1.82, 2.24) is 10.2 Å². The van der Waals surface area contributed by atoms with Gasteiger partial charge in [-0.25, -0.2) is 0 Å². The van der Waals surface area contributed by atoms with Crippen molar-refractivity contribution in [3.63, 3.8) is 0 Å². The van der Waals surface area contributed by atoms with Crippen LogP contribution >= 0.6 is 0 Å². The molecule has 2 fully saturated rings. The molecule has 0 aromatic carbocycles. The van der Waals surface area contributed by atoms with Crippen LogP contribution < -0.4 is 5.32 Å². The fourth-order valence-corrected chi connectivity index (χ4v) is 4.55. The van der Waals surface area contributed by atoms with Gasteiger partial charge < -0.3 is 15.0 Å². The van der Waals surface area contributed by atoms with Crippen molar-refractivity contribution >= 4 is 0 Å². The average Bonchev–Trinajstić information content (AvgIpc) is 2.54. The zero-order valence-corrected chi connectivity index (χ0v) is 15.3. The summed E-state index contributed by atoms with van der Waals surface area (Å²) in [7, 11) is 4.50. The predicted octanol–water partition coefficient (Wildman–Crippen LogP) is 3.43. The first kappa shape index (κ1) is 17.2. The summed E-state index contributed by atoms with van der Waals surface area (Å²) in [6.45, 7) is 12.4. The molecule has 1 saturated carbocycles. The van der Waals surface area contributed by atoms with Gasteiger partial charge in [-0.2, -0.15) is 0 Å². The number of hydrogen-bond donors (Lipinski definition) is 1. The van der Waals surface area contributed by atoms with E-state index in [1.807, 2.05) is 0 Å². The fraction of sp³-hybridized carbons (Fsp3) is 1.00. The minimum Gasteiger partial charge on any atom is -0.368 e. The largest absolute Gasteiger partial charge is 0.368 e. The van der Waals surface area contributed by atoms with Gasteiger partial charge in [-0.3, -0.25) is 0 Å². The Labute approximate surface area is 131 Å². The normalized spacial score (nSPS) is 38.9. The minimum absolute atomic E-state index is 0.00764. The van der Waals surface area contributed by atoms with E-state index in [2.05, 4.69) is 58.9 Å². The summed E-state index contributed by atoms with van der Waals surface area (Å²) in [5, 5.41) is 3.87. The van der Waals surface area contributed by atoms with Crippen LogP contribution in [0.25, 0.3) is 0 Å². The SMILES string of the molecule is CC1CCCC(CNC2CC(C)(C)OC2(C)C)(N(C)C)C1. The fourth-order valence-electron chi connectivity index (χ4n) is 4.55. The first-order chi connectivity index (χ1) is 9.56. The second-order valence-electron chi connectivity index (χ2n) is 8.92. The van der Waals surface area contributed by atoms with Crippen molar-refractivity contribution < 1.29 is 4.74 Å². The van der Waals surface area contributed by atoms with Crippen LogP contribution in [0, 0.1) is 5.92 Å². The number of rotatable bonds is 4. The van der Waals surface area contributed by atoms with Crippen LogP contribution in [-0.4, -0.2) is 48.3 Å². The van der Waals surface area contributed by atoms with Crippen LogP contribution in [-0.2, 0) is 4.74 Å². The first-order valence-corrected chi connectivity index (χ1v) is 8.67. The standard InChI is InChI=1S/C18H36N2O/c1-14-9-8-10-18(11-14,20(6)7)13-19-15-12-16(2,3)21-17(15,4)5/h14-15,19H,8-13H2,1-7H3. The van der Waals surface area contributed by atoms with Gasteiger partial charge in [0.1, 0.15) is 0 Å². The average molecular weight is 296 g/mol. The quantitative estimate of drug-likeness (QED) is 0.860. The lowest BCUT2D eigenvalue weighted by molar-refractivity contribution is -0.0707. The summed E-state index contributed by atoms with van der Waals surface area (Å²) in [4.78, 5) is 2.46. The molecule has 0 aromatic rings. The monoisotopic (exact) mass is 296 g/mol. The maximum absolute atomic E-state index is 6.23. The molecular formula is C18H36N2O. The molecule has 0 spiro atoms. The van der Waals surface area contributed by atoms with Gasteiger partial charge in [0, 0.05) is 18.1 Å². The molecule has 124 valence electrons. The molecule has 1 aliphatic carbocycles. The lowest BCUT2D eigenvalue weighted by atomic mass is 9.75. The smallest absolute Gasteiger partial charge is 0.0787 e. The van der Waals surface area contributed by atoms with Crippen molar-refractivity contribution in [1.29, 1.82) is 0 Å². The maximum Gasteiger partial charge on any atom is 0.0787 e. The molecular weight excluding hydrogens is 260 g/mol. The highest BCUT2D eigenvalue weighted by Gasteiger charge is 2.47. The summed E-state index contributed by atoms with van der Waals surface area (Å²) in [6.07, 6.45) is 6.47. The topological polar surface area (TPSA) is 24.5 Å². The summed E-state index contributed by atoms with van der Waals surface area (Å²) >= 11 is 0. The zero-order valence-electron chi connectivity index (χ0n) is 15.3. The molecule has 21 heavy (non-hydrogen) atoms.